The highest BCUT2D eigenvalue weighted by molar-refractivity contribution is 4.61. The Morgan fingerprint density at radius 3 is 2.08 bits per heavy atom. The molecule has 1 unspecified atom stereocenters. The van der Waals surface area contributed by atoms with Gasteiger partial charge < -0.3 is 0 Å². The van der Waals surface area contributed by atoms with E-state index >= 15 is 0 Å². The summed E-state index contributed by atoms with van der Waals surface area (Å²) >= 11 is 0. The molecule has 0 aliphatic rings. The van der Waals surface area contributed by atoms with Crippen LogP contribution in [-0.2, 0) is 0 Å². The predicted octanol–water partition coefficient (Wildman–Crippen LogP) is 4.45. The molecule has 1 atom stereocenters. The molecule has 0 bridgehead atoms. The third kappa shape index (κ3) is 10.0. The van der Waals surface area contributed by atoms with Crippen molar-refractivity contribution in [3.05, 3.63) is 6.92 Å². The molecule has 0 aromatic rings. The van der Waals surface area contributed by atoms with Crippen molar-refractivity contribution in [1.82, 2.24) is 0 Å². The van der Waals surface area contributed by atoms with Gasteiger partial charge in [0.05, 0.1) is 0 Å². The molecule has 12 heavy (non-hydrogen) atoms. The summed E-state index contributed by atoms with van der Waals surface area (Å²) in [4.78, 5) is 0. The van der Waals surface area contributed by atoms with Gasteiger partial charge in [0.15, 0.2) is 0 Å². The monoisotopic (exact) mass is 169 g/mol. The number of hydrogen-bond acceptors (Lipinski definition) is 0. The Morgan fingerprint density at radius 2 is 1.67 bits per heavy atom. The van der Waals surface area contributed by atoms with E-state index in [2.05, 4.69) is 34.6 Å². The molecule has 0 aliphatic heterocycles. The lowest BCUT2D eigenvalue weighted by atomic mass is 9.89. The van der Waals surface area contributed by atoms with Crippen molar-refractivity contribution in [2.75, 3.05) is 0 Å². The van der Waals surface area contributed by atoms with E-state index in [0.717, 1.165) is 0 Å². The highest BCUT2D eigenvalue weighted by Crippen LogP contribution is 2.22. The molecule has 0 saturated heterocycles. The van der Waals surface area contributed by atoms with E-state index in [0.29, 0.717) is 11.3 Å². The zero-order valence-electron chi connectivity index (χ0n) is 9.32. The van der Waals surface area contributed by atoms with Gasteiger partial charge in [-0.15, -0.1) is 0 Å². The van der Waals surface area contributed by atoms with Crippen LogP contribution in [0.4, 0.5) is 0 Å². The quantitative estimate of drug-likeness (QED) is 0.533. The molecular formula is C12H25. The van der Waals surface area contributed by atoms with Gasteiger partial charge in [0, 0.05) is 0 Å². The van der Waals surface area contributed by atoms with Gasteiger partial charge in [0.1, 0.15) is 0 Å². The summed E-state index contributed by atoms with van der Waals surface area (Å²) in [7, 11) is 0. The molecule has 0 spiro atoms. The van der Waals surface area contributed by atoms with Gasteiger partial charge in [-0.2, -0.15) is 0 Å². The van der Waals surface area contributed by atoms with Crippen LogP contribution in [0.3, 0.4) is 0 Å². The van der Waals surface area contributed by atoms with E-state index in [1.54, 1.807) is 0 Å². The van der Waals surface area contributed by atoms with Gasteiger partial charge in [-0.3, -0.25) is 0 Å². The van der Waals surface area contributed by atoms with E-state index in [1.807, 2.05) is 0 Å². The lowest BCUT2D eigenvalue weighted by Crippen LogP contribution is -2.04. The summed E-state index contributed by atoms with van der Waals surface area (Å²) in [6.45, 7) is 13.1. The van der Waals surface area contributed by atoms with Gasteiger partial charge >= 0.3 is 0 Å². The Bertz CT molecular complexity index is 95.1. The van der Waals surface area contributed by atoms with Crippen LogP contribution in [0.2, 0.25) is 0 Å². The number of rotatable bonds is 5. The first-order valence-electron chi connectivity index (χ1n) is 5.25. The Labute approximate surface area is 78.8 Å². The molecule has 1 radical (unpaired) electrons. The minimum Gasteiger partial charge on any atom is -0.0625 e. The maximum absolute atomic E-state index is 3.98. The lowest BCUT2D eigenvalue weighted by Gasteiger charge is -2.17. The van der Waals surface area contributed by atoms with Gasteiger partial charge in [-0.25, -0.2) is 0 Å². The second-order valence-corrected chi connectivity index (χ2v) is 5.27. The molecule has 0 aliphatic carbocycles. The second kappa shape index (κ2) is 5.61. The Kier molecular flexibility index (Phi) is 5.61. The van der Waals surface area contributed by atoms with Crippen LogP contribution >= 0.6 is 0 Å². The van der Waals surface area contributed by atoms with Gasteiger partial charge in [0.2, 0.25) is 0 Å². The minimum absolute atomic E-state index is 0.524. The van der Waals surface area contributed by atoms with Crippen LogP contribution in [0.15, 0.2) is 0 Å². The molecule has 73 valence electrons. The summed E-state index contributed by atoms with van der Waals surface area (Å²) in [6.07, 6.45) is 6.79. The number of unbranched alkanes of at least 4 members (excludes halogenated alkanes) is 2. The largest absolute Gasteiger partial charge is 0.0625 e. The fourth-order valence-electron chi connectivity index (χ4n) is 1.32. The molecule has 0 fully saturated rings. The van der Waals surface area contributed by atoms with Crippen molar-refractivity contribution in [1.29, 1.82) is 0 Å². The van der Waals surface area contributed by atoms with Crippen LogP contribution in [-0.4, -0.2) is 0 Å². The van der Waals surface area contributed by atoms with E-state index < -0.39 is 0 Å². The summed E-state index contributed by atoms with van der Waals surface area (Å²) in [5, 5.41) is 0. The molecular weight excluding hydrogens is 144 g/mol. The SMILES string of the molecule is [CH2]C(C)CCCCCC(C)(C)C. The van der Waals surface area contributed by atoms with Crippen LogP contribution < -0.4 is 0 Å². The molecule has 0 aromatic carbocycles. The average Bonchev–Trinajstić information content (AvgIpc) is 1.83. The summed E-state index contributed by atoms with van der Waals surface area (Å²) < 4.78 is 0. The van der Waals surface area contributed by atoms with Crippen molar-refractivity contribution < 1.29 is 0 Å². The van der Waals surface area contributed by atoms with E-state index in [-0.39, 0.29) is 0 Å². The molecule has 0 heteroatoms. The minimum atomic E-state index is 0.524. The summed E-state index contributed by atoms with van der Waals surface area (Å²) in [5.41, 5.74) is 0.524. The number of hydrogen-bond donors (Lipinski definition) is 0. The Morgan fingerprint density at radius 1 is 1.08 bits per heavy atom. The maximum Gasteiger partial charge on any atom is -0.0383 e. The molecule has 0 heterocycles. The van der Waals surface area contributed by atoms with Crippen molar-refractivity contribution in [3.63, 3.8) is 0 Å². The second-order valence-electron chi connectivity index (χ2n) is 5.27. The van der Waals surface area contributed by atoms with Crippen molar-refractivity contribution >= 4 is 0 Å². The third-order valence-corrected chi connectivity index (χ3v) is 2.12. The molecule has 0 N–H and O–H groups in total. The first kappa shape index (κ1) is 12.0. The standard InChI is InChI=1S/C12H25/c1-11(2)9-7-6-8-10-12(3,4)5/h11H,1,6-10H2,2-5H3. The predicted molar refractivity (Wildman–Crippen MR) is 57.1 cm³/mol. The van der Waals surface area contributed by atoms with Crippen molar-refractivity contribution in [2.45, 2.75) is 59.8 Å². The fraction of sp³-hybridized carbons (Fsp3) is 0.917. The first-order valence-corrected chi connectivity index (χ1v) is 5.25. The van der Waals surface area contributed by atoms with E-state index in [4.69, 9.17) is 0 Å². The molecule has 0 aromatic heterocycles. The Balaban J connectivity index is 3.12. The smallest absolute Gasteiger partial charge is 0.0383 e. The zero-order chi connectivity index (χ0) is 9.61. The third-order valence-electron chi connectivity index (χ3n) is 2.12. The normalized spacial score (nSPS) is 12.5. The van der Waals surface area contributed by atoms with Crippen LogP contribution in [0.5, 0.6) is 0 Å². The molecule has 0 nitrogen and oxygen atoms in total. The highest BCUT2D eigenvalue weighted by Gasteiger charge is 2.08. The van der Waals surface area contributed by atoms with Crippen LogP contribution in [0, 0.1) is 18.3 Å². The fourth-order valence-corrected chi connectivity index (χ4v) is 1.32. The molecule has 0 amide bonds. The van der Waals surface area contributed by atoms with Gasteiger partial charge in [-0.05, 0) is 17.8 Å². The Hall–Kier alpha value is 0. The van der Waals surface area contributed by atoms with Gasteiger partial charge in [-0.1, -0.05) is 60.3 Å². The zero-order valence-corrected chi connectivity index (χ0v) is 9.32. The summed E-state index contributed by atoms with van der Waals surface area (Å²) in [6, 6.07) is 0. The topological polar surface area (TPSA) is 0 Å². The first-order chi connectivity index (χ1) is 5.42. The lowest BCUT2D eigenvalue weighted by molar-refractivity contribution is 0.355. The molecule has 0 rings (SSSR count). The van der Waals surface area contributed by atoms with Crippen molar-refractivity contribution in [2.24, 2.45) is 11.3 Å². The van der Waals surface area contributed by atoms with E-state index in [9.17, 15) is 0 Å². The van der Waals surface area contributed by atoms with Crippen molar-refractivity contribution in [3.8, 4) is 0 Å². The summed E-state index contributed by atoms with van der Waals surface area (Å²) in [5.74, 6) is 0.639. The maximum atomic E-state index is 3.98. The average molecular weight is 169 g/mol. The highest BCUT2D eigenvalue weighted by atomic mass is 14.1. The molecule has 0 saturated carbocycles. The van der Waals surface area contributed by atoms with Crippen LogP contribution in [0.25, 0.3) is 0 Å². The van der Waals surface area contributed by atoms with E-state index in [1.165, 1.54) is 32.1 Å². The van der Waals surface area contributed by atoms with Crippen LogP contribution in [0.1, 0.15) is 59.8 Å². The van der Waals surface area contributed by atoms with Gasteiger partial charge in [0.25, 0.3) is 0 Å².